The minimum atomic E-state index is -3.45. The molecule has 35 heavy (non-hydrogen) atoms. The molecule has 0 aliphatic heterocycles. The van der Waals surface area contributed by atoms with Crippen molar-refractivity contribution < 1.29 is 17.3 Å². The van der Waals surface area contributed by atoms with Crippen LogP contribution in [0.5, 0.6) is 0 Å². The van der Waals surface area contributed by atoms with Gasteiger partial charge in [0.2, 0.25) is 14.9 Å². The van der Waals surface area contributed by atoms with Gasteiger partial charge in [-0.15, -0.1) is 0 Å². The summed E-state index contributed by atoms with van der Waals surface area (Å²) in [5, 5.41) is 8.41. The van der Waals surface area contributed by atoms with Gasteiger partial charge in [0.1, 0.15) is 11.2 Å². The van der Waals surface area contributed by atoms with Crippen LogP contribution in [0.2, 0.25) is 0 Å². The molecule has 0 aliphatic rings. The highest BCUT2D eigenvalue weighted by atomic mass is 32.2. The highest BCUT2D eigenvalue weighted by Gasteiger charge is 2.21. The predicted molar refractivity (Wildman–Crippen MR) is 144 cm³/mol. The molecular weight excluding hydrogens is 456 g/mol. The van der Waals surface area contributed by atoms with Crippen LogP contribution in [0.25, 0.3) is 54.3 Å². The molecule has 178 valence electrons. The molecule has 6 aromatic rings. The smallest absolute Gasteiger partial charge is 0.219 e. The van der Waals surface area contributed by atoms with Crippen molar-refractivity contribution in [2.75, 3.05) is 5.75 Å². The summed E-state index contributed by atoms with van der Waals surface area (Å²) >= 11 is 0. The summed E-state index contributed by atoms with van der Waals surface area (Å²) in [5.41, 5.74) is 1.53. The first-order valence-electron chi connectivity index (χ1n) is 12.5. The lowest BCUT2D eigenvalue weighted by molar-refractivity contribution is 0.482. The lowest BCUT2D eigenvalue weighted by atomic mass is 9.96. The van der Waals surface area contributed by atoms with Crippen LogP contribution in [0.3, 0.4) is 0 Å². The Bertz CT molecular complexity index is 1800. The summed E-state index contributed by atoms with van der Waals surface area (Å²) in [6.45, 7) is 2.18. The zero-order valence-electron chi connectivity index (χ0n) is 19.8. The van der Waals surface area contributed by atoms with Crippen LogP contribution in [0, 0.1) is 0 Å². The van der Waals surface area contributed by atoms with E-state index >= 15 is 0 Å². The molecule has 0 saturated carbocycles. The number of unbranched alkanes of at least 4 members (excludes halogenated alkanes) is 5. The van der Waals surface area contributed by atoms with E-state index in [1.165, 1.54) is 19.3 Å². The van der Waals surface area contributed by atoms with Crippen molar-refractivity contribution in [2.45, 2.75) is 50.5 Å². The summed E-state index contributed by atoms with van der Waals surface area (Å²) in [5.74, 6) is 0.132. The molecule has 2 aromatic heterocycles. The van der Waals surface area contributed by atoms with Crippen molar-refractivity contribution >= 4 is 64.1 Å². The summed E-state index contributed by atoms with van der Waals surface area (Å²) in [4.78, 5) is 0. The molecule has 2 heterocycles. The normalized spacial score (nSPS) is 12.6. The second-order valence-corrected chi connectivity index (χ2v) is 11.5. The zero-order chi connectivity index (χ0) is 24.0. The first-order chi connectivity index (χ1) is 17.1. The standard InChI is InChI=1S/C30H28O4S/c1-2-3-4-5-6-7-18-35(31,32)28-19-21-9-11-25-23-12-14-26-24(10-8-20-16-17-33-29(20)26)22(23)13-15-27(25)30(21)34-28/h8-17,19H,2-7,18H2,1H3. The van der Waals surface area contributed by atoms with E-state index in [0.717, 1.165) is 61.5 Å². The molecule has 0 radical (unpaired) electrons. The van der Waals surface area contributed by atoms with Crippen molar-refractivity contribution in [2.24, 2.45) is 0 Å². The van der Waals surface area contributed by atoms with Crippen LogP contribution < -0.4 is 0 Å². The van der Waals surface area contributed by atoms with Gasteiger partial charge in [-0.2, -0.15) is 0 Å². The van der Waals surface area contributed by atoms with Gasteiger partial charge in [0.15, 0.2) is 0 Å². The maximum atomic E-state index is 13.0. The van der Waals surface area contributed by atoms with Gasteiger partial charge in [0.25, 0.3) is 0 Å². The van der Waals surface area contributed by atoms with E-state index in [9.17, 15) is 8.42 Å². The number of hydrogen-bond acceptors (Lipinski definition) is 4. The molecule has 0 aliphatic carbocycles. The van der Waals surface area contributed by atoms with Crippen molar-refractivity contribution in [3.05, 3.63) is 66.9 Å². The third-order valence-electron chi connectivity index (χ3n) is 7.14. The molecule has 4 nitrogen and oxygen atoms in total. The lowest BCUT2D eigenvalue weighted by Crippen LogP contribution is -2.05. The summed E-state index contributed by atoms with van der Waals surface area (Å²) in [6.07, 6.45) is 7.98. The summed E-state index contributed by atoms with van der Waals surface area (Å²) < 4.78 is 37.7. The van der Waals surface area contributed by atoms with Gasteiger partial charge < -0.3 is 8.83 Å². The highest BCUT2D eigenvalue weighted by Crippen LogP contribution is 2.38. The maximum absolute atomic E-state index is 13.0. The van der Waals surface area contributed by atoms with E-state index in [-0.39, 0.29) is 10.8 Å². The van der Waals surface area contributed by atoms with E-state index < -0.39 is 9.84 Å². The zero-order valence-corrected chi connectivity index (χ0v) is 20.7. The Morgan fingerprint density at radius 3 is 1.94 bits per heavy atom. The van der Waals surface area contributed by atoms with Crippen molar-refractivity contribution in [3.63, 3.8) is 0 Å². The van der Waals surface area contributed by atoms with Crippen LogP contribution in [0.4, 0.5) is 0 Å². The first kappa shape index (κ1) is 22.2. The quantitative estimate of drug-likeness (QED) is 0.160. The van der Waals surface area contributed by atoms with Crippen LogP contribution >= 0.6 is 0 Å². The van der Waals surface area contributed by atoms with Gasteiger partial charge in [-0.05, 0) is 46.2 Å². The fourth-order valence-corrected chi connectivity index (χ4v) is 6.57. The summed E-state index contributed by atoms with van der Waals surface area (Å²) in [6, 6.07) is 20.3. The third-order valence-corrected chi connectivity index (χ3v) is 8.78. The van der Waals surface area contributed by atoms with Crippen LogP contribution in [0.15, 0.2) is 80.9 Å². The maximum Gasteiger partial charge on any atom is 0.219 e. The number of furan rings is 2. The van der Waals surface area contributed by atoms with Crippen LogP contribution in [-0.4, -0.2) is 14.2 Å². The molecule has 5 heteroatoms. The number of fused-ring (bicyclic) bond motifs is 9. The van der Waals surface area contributed by atoms with Crippen molar-refractivity contribution in [1.29, 1.82) is 0 Å². The van der Waals surface area contributed by atoms with Gasteiger partial charge in [0, 0.05) is 27.6 Å². The Morgan fingerprint density at radius 1 is 0.629 bits per heavy atom. The molecule has 0 fully saturated rings. The Balaban J connectivity index is 1.40. The molecule has 4 aromatic carbocycles. The molecule has 0 unspecified atom stereocenters. The Kier molecular flexibility index (Phi) is 5.53. The largest absolute Gasteiger partial charge is 0.464 e. The van der Waals surface area contributed by atoms with Gasteiger partial charge >= 0.3 is 0 Å². The first-order valence-corrected chi connectivity index (χ1v) is 14.1. The second-order valence-electron chi connectivity index (χ2n) is 9.46. The minimum Gasteiger partial charge on any atom is -0.464 e. The highest BCUT2D eigenvalue weighted by molar-refractivity contribution is 7.91. The monoisotopic (exact) mass is 484 g/mol. The second kappa shape index (κ2) is 8.72. The molecule has 0 atom stereocenters. The molecule has 0 amide bonds. The third kappa shape index (κ3) is 3.79. The number of benzene rings is 4. The molecule has 6 rings (SSSR count). The fraction of sp³-hybridized carbons (Fsp3) is 0.267. The van der Waals surface area contributed by atoms with E-state index in [4.69, 9.17) is 8.83 Å². The number of rotatable bonds is 8. The van der Waals surface area contributed by atoms with E-state index in [0.29, 0.717) is 12.0 Å². The van der Waals surface area contributed by atoms with E-state index in [1.54, 1.807) is 12.3 Å². The van der Waals surface area contributed by atoms with Crippen LogP contribution in [-0.2, 0) is 9.84 Å². The minimum absolute atomic E-state index is 0.0763. The SMILES string of the molecule is CCCCCCCCS(=O)(=O)c1cc2ccc3c4ccc5c(ccc6ccoc65)c4ccc3c2o1. The summed E-state index contributed by atoms with van der Waals surface area (Å²) in [7, 11) is -3.45. The average Bonchev–Trinajstić information content (AvgIpc) is 3.53. The number of sulfone groups is 1. The Labute approximate surface area is 204 Å². The van der Waals surface area contributed by atoms with Gasteiger partial charge in [-0.1, -0.05) is 75.4 Å². The number of hydrogen-bond donors (Lipinski definition) is 0. The Hall–Kier alpha value is -3.31. The molecular formula is C30H28O4S. The predicted octanol–water partition coefficient (Wildman–Crippen LogP) is 8.77. The van der Waals surface area contributed by atoms with Crippen molar-refractivity contribution in [1.82, 2.24) is 0 Å². The van der Waals surface area contributed by atoms with Gasteiger partial charge in [-0.25, -0.2) is 8.42 Å². The van der Waals surface area contributed by atoms with Gasteiger partial charge in [-0.3, -0.25) is 0 Å². The van der Waals surface area contributed by atoms with E-state index in [1.807, 2.05) is 18.2 Å². The van der Waals surface area contributed by atoms with Crippen molar-refractivity contribution in [3.8, 4) is 0 Å². The molecule has 0 N–H and O–H groups in total. The Morgan fingerprint density at radius 2 is 1.20 bits per heavy atom. The molecule has 0 bridgehead atoms. The topological polar surface area (TPSA) is 60.4 Å². The molecule has 0 spiro atoms. The fourth-order valence-electron chi connectivity index (χ4n) is 5.27. The lowest BCUT2D eigenvalue weighted by Gasteiger charge is -2.08. The van der Waals surface area contributed by atoms with E-state index in [2.05, 4.69) is 43.3 Å². The molecule has 0 saturated heterocycles. The average molecular weight is 485 g/mol. The van der Waals surface area contributed by atoms with Gasteiger partial charge in [0.05, 0.1) is 12.0 Å². The van der Waals surface area contributed by atoms with Crippen LogP contribution in [0.1, 0.15) is 45.4 Å².